The van der Waals surface area contributed by atoms with Gasteiger partial charge in [0.1, 0.15) is 11.5 Å². The number of carbonyl (C=O) groups excluding carboxylic acids is 4. The molecular formula is C36H39NO6. The Morgan fingerprint density at radius 2 is 1.44 bits per heavy atom. The number of cyclic esters (lactones) is 2. The van der Waals surface area contributed by atoms with Crippen LogP contribution in [-0.2, 0) is 23.9 Å². The number of amides is 2. The van der Waals surface area contributed by atoms with E-state index in [1.165, 1.54) is 24.2 Å². The predicted molar refractivity (Wildman–Crippen MR) is 158 cm³/mol. The van der Waals surface area contributed by atoms with Gasteiger partial charge in [-0.3, -0.25) is 24.1 Å². The van der Waals surface area contributed by atoms with Crippen LogP contribution in [0.4, 0.5) is 5.69 Å². The van der Waals surface area contributed by atoms with Gasteiger partial charge in [0.05, 0.1) is 29.4 Å². The summed E-state index contributed by atoms with van der Waals surface area (Å²) in [4.78, 5) is 55.7. The molecule has 0 spiro atoms. The first kappa shape index (κ1) is 27.1. The maximum atomic E-state index is 14.2. The highest BCUT2D eigenvalue weighted by atomic mass is 16.6. The highest BCUT2D eigenvalue weighted by molar-refractivity contribution is 6.23. The van der Waals surface area contributed by atoms with Crippen molar-refractivity contribution in [1.82, 2.24) is 0 Å². The molecule has 2 saturated heterocycles. The normalized spacial score (nSPS) is 39.7. The molecule has 224 valence electrons. The Morgan fingerprint density at radius 1 is 0.814 bits per heavy atom. The summed E-state index contributed by atoms with van der Waals surface area (Å²) in [6.07, 6.45) is 5.78. The summed E-state index contributed by atoms with van der Waals surface area (Å²) in [5, 5.41) is 0. The molecular weight excluding hydrogens is 542 g/mol. The topological polar surface area (TPSA) is 90.0 Å². The van der Waals surface area contributed by atoms with Gasteiger partial charge in [0.2, 0.25) is 11.8 Å². The van der Waals surface area contributed by atoms with Gasteiger partial charge in [0.25, 0.3) is 0 Å². The molecule has 7 nitrogen and oxygen atoms in total. The van der Waals surface area contributed by atoms with Crippen molar-refractivity contribution in [1.29, 1.82) is 0 Å². The number of fused-ring (bicyclic) bond motifs is 3. The summed E-state index contributed by atoms with van der Waals surface area (Å²) < 4.78 is 11.2. The lowest BCUT2D eigenvalue weighted by molar-refractivity contribution is -0.159. The Kier molecular flexibility index (Phi) is 6.15. The molecule has 4 bridgehead atoms. The zero-order chi connectivity index (χ0) is 29.7. The smallest absolute Gasteiger partial charge is 0.317 e. The zero-order valence-corrected chi connectivity index (χ0v) is 25.0. The third kappa shape index (κ3) is 3.99. The first-order valence-corrected chi connectivity index (χ1v) is 16.2. The molecule has 2 heterocycles. The molecule has 2 aliphatic heterocycles. The van der Waals surface area contributed by atoms with Gasteiger partial charge in [-0.05, 0) is 123 Å². The van der Waals surface area contributed by atoms with E-state index >= 15 is 0 Å². The molecule has 9 rings (SSSR count). The van der Waals surface area contributed by atoms with Crippen LogP contribution in [0.3, 0.4) is 0 Å². The molecule has 0 radical (unpaired) electrons. The van der Waals surface area contributed by atoms with Crippen molar-refractivity contribution in [3.63, 3.8) is 0 Å². The average Bonchev–Trinajstić information content (AvgIpc) is 3.74. The van der Waals surface area contributed by atoms with E-state index in [1.54, 1.807) is 24.3 Å². The molecule has 0 aromatic heterocycles. The van der Waals surface area contributed by atoms with Crippen molar-refractivity contribution in [3.8, 4) is 11.5 Å². The van der Waals surface area contributed by atoms with Crippen LogP contribution >= 0.6 is 0 Å². The molecule has 12 unspecified atom stereocenters. The molecule has 7 aliphatic rings. The van der Waals surface area contributed by atoms with Gasteiger partial charge in [-0.2, -0.15) is 0 Å². The van der Waals surface area contributed by atoms with Crippen LogP contribution in [-0.4, -0.2) is 23.8 Å². The van der Waals surface area contributed by atoms with E-state index in [9.17, 15) is 19.2 Å². The van der Waals surface area contributed by atoms with E-state index in [0.29, 0.717) is 41.4 Å². The molecule has 2 aromatic carbocycles. The minimum absolute atomic E-state index is 0.110. The first-order valence-electron chi connectivity index (χ1n) is 16.2. The Bertz CT molecular complexity index is 1500. The van der Waals surface area contributed by atoms with Crippen LogP contribution < -0.4 is 9.64 Å². The lowest BCUT2D eigenvalue weighted by atomic mass is 9.46. The number of esters is 2. The second-order valence-electron chi connectivity index (χ2n) is 14.5. The van der Waals surface area contributed by atoms with Gasteiger partial charge in [-0.15, -0.1) is 0 Å². The molecule has 2 aromatic rings. The highest BCUT2D eigenvalue weighted by Crippen LogP contribution is 2.65. The molecule has 43 heavy (non-hydrogen) atoms. The standard InChI is InChI=1S/C36H39NO6/c1-17-4-10-23(11-5-17)42-24-12-8-22(9-13-24)37-33(38)29-27-16-25(18(2)14-26-19(3)20-6-7-21(26)15-20)28(31(29)34(37)39)32-30(27)35(40)43-36(32)41/h4-5,8-13,18-21,25-32H,6-7,14-16H2,1-3H3. The number of benzene rings is 2. The van der Waals surface area contributed by atoms with Gasteiger partial charge in [0, 0.05) is 0 Å². The van der Waals surface area contributed by atoms with Crippen molar-refractivity contribution in [2.24, 2.45) is 71.0 Å². The zero-order valence-electron chi connectivity index (χ0n) is 25.0. The first-order chi connectivity index (χ1) is 20.7. The van der Waals surface area contributed by atoms with E-state index in [-0.39, 0.29) is 29.6 Å². The summed E-state index contributed by atoms with van der Waals surface area (Å²) in [7, 11) is 0. The minimum atomic E-state index is -0.626. The van der Waals surface area contributed by atoms with Crippen molar-refractivity contribution in [2.75, 3.05) is 4.90 Å². The Labute approximate surface area is 252 Å². The number of hydrogen-bond acceptors (Lipinski definition) is 6. The number of imide groups is 1. The maximum Gasteiger partial charge on any atom is 0.317 e. The highest BCUT2D eigenvalue weighted by Gasteiger charge is 2.72. The lowest BCUT2D eigenvalue weighted by Crippen LogP contribution is -2.58. The summed E-state index contributed by atoms with van der Waals surface area (Å²) in [5.41, 5.74) is 1.64. The van der Waals surface area contributed by atoms with E-state index in [1.807, 2.05) is 31.2 Å². The lowest BCUT2D eigenvalue weighted by Gasteiger charge is -2.54. The SMILES string of the molecule is Cc1ccc(Oc2ccc(N3C(=O)C4C5CC(C(C)CC6C7CCC(C7)C6C)C(C6C(=O)OC(=O)C56)C4C3=O)cc2)cc1. The summed E-state index contributed by atoms with van der Waals surface area (Å²) in [5.74, 6) is 0.0909. The maximum absolute atomic E-state index is 14.2. The largest absolute Gasteiger partial charge is 0.457 e. The van der Waals surface area contributed by atoms with Crippen LogP contribution in [0.25, 0.3) is 0 Å². The van der Waals surface area contributed by atoms with Gasteiger partial charge in [-0.1, -0.05) is 31.5 Å². The number of aryl methyl sites for hydroxylation is 1. The fourth-order valence-electron chi connectivity index (χ4n) is 10.7. The number of hydrogen-bond donors (Lipinski definition) is 0. The van der Waals surface area contributed by atoms with Gasteiger partial charge >= 0.3 is 11.9 Å². The molecule has 7 fully saturated rings. The molecule has 5 saturated carbocycles. The predicted octanol–water partition coefficient (Wildman–Crippen LogP) is 6.18. The molecule has 5 aliphatic carbocycles. The summed E-state index contributed by atoms with van der Waals surface area (Å²) >= 11 is 0. The average molecular weight is 582 g/mol. The number of anilines is 1. The number of carbonyl (C=O) groups is 4. The van der Waals surface area contributed by atoms with Gasteiger partial charge in [-0.25, -0.2) is 0 Å². The Morgan fingerprint density at radius 3 is 2.12 bits per heavy atom. The van der Waals surface area contributed by atoms with Crippen LogP contribution in [0.15, 0.2) is 48.5 Å². The number of ether oxygens (including phenoxy) is 2. The van der Waals surface area contributed by atoms with Crippen LogP contribution in [0.2, 0.25) is 0 Å². The number of rotatable bonds is 6. The quantitative estimate of drug-likeness (QED) is 0.230. The molecule has 0 N–H and O–H groups in total. The van der Waals surface area contributed by atoms with E-state index in [4.69, 9.17) is 9.47 Å². The van der Waals surface area contributed by atoms with E-state index < -0.39 is 35.6 Å². The third-order valence-corrected chi connectivity index (χ3v) is 12.6. The van der Waals surface area contributed by atoms with Gasteiger partial charge in [0.15, 0.2) is 0 Å². The third-order valence-electron chi connectivity index (χ3n) is 12.6. The summed E-state index contributed by atoms with van der Waals surface area (Å²) in [6.45, 7) is 6.70. The monoisotopic (exact) mass is 581 g/mol. The Balaban J connectivity index is 1.08. The van der Waals surface area contributed by atoms with Crippen LogP contribution in [0, 0.1) is 77.9 Å². The second-order valence-corrected chi connectivity index (χ2v) is 14.5. The van der Waals surface area contributed by atoms with Crippen LogP contribution in [0.1, 0.15) is 51.5 Å². The molecule has 2 amide bonds. The van der Waals surface area contributed by atoms with Crippen LogP contribution in [0.5, 0.6) is 11.5 Å². The second kappa shape index (κ2) is 9.76. The Hall–Kier alpha value is -3.48. The van der Waals surface area contributed by atoms with Crippen molar-refractivity contribution in [2.45, 2.75) is 52.9 Å². The molecule has 7 heteroatoms. The summed E-state index contributed by atoms with van der Waals surface area (Å²) in [6, 6.07) is 14.8. The van der Waals surface area contributed by atoms with Gasteiger partial charge < -0.3 is 9.47 Å². The van der Waals surface area contributed by atoms with E-state index in [2.05, 4.69) is 13.8 Å². The minimum Gasteiger partial charge on any atom is -0.457 e. The fourth-order valence-corrected chi connectivity index (χ4v) is 10.7. The molecule has 12 atom stereocenters. The number of nitrogens with zero attached hydrogens (tertiary/aromatic N) is 1. The fraction of sp³-hybridized carbons (Fsp3) is 0.556. The van der Waals surface area contributed by atoms with E-state index in [0.717, 1.165) is 23.8 Å². The van der Waals surface area contributed by atoms with Crippen molar-refractivity contribution < 1.29 is 28.7 Å². The van der Waals surface area contributed by atoms with Crippen molar-refractivity contribution in [3.05, 3.63) is 54.1 Å². The van der Waals surface area contributed by atoms with Crippen molar-refractivity contribution >= 4 is 29.4 Å².